The van der Waals surface area contributed by atoms with Gasteiger partial charge in [-0.2, -0.15) is 0 Å². The maximum Gasteiger partial charge on any atom is 0.333 e. The number of hydrogen-bond acceptors (Lipinski definition) is 15. The molecule has 26 heteroatoms. The minimum absolute atomic E-state index is 0.0345. The van der Waals surface area contributed by atoms with Crippen LogP contribution < -0.4 is 21.3 Å². The van der Waals surface area contributed by atoms with Gasteiger partial charge >= 0.3 is 24.1 Å². The van der Waals surface area contributed by atoms with Crippen molar-refractivity contribution in [3.63, 3.8) is 0 Å². The molecule has 0 aromatic carbocycles. The van der Waals surface area contributed by atoms with Crippen LogP contribution in [0.1, 0.15) is 101 Å². The maximum atomic E-state index is 14.9. The fourth-order valence-electron chi connectivity index (χ4n) is 8.61. The van der Waals surface area contributed by atoms with Crippen molar-refractivity contribution in [2.75, 3.05) is 82.8 Å². The first kappa shape index (κ1) is 70.2. The van der Waals surface area contributed by atoms with Gasteiger partial charge in [0.1, 0.15) is 36.3 Å². The number of allylic oxidation sites excluding steroid dienone is 2. The number of rotatable bonds is 16. The van der Waals surface area contributed by atoms with E-state index in [9.17, 15) is 57.8 Å². The molecule has 1 heterocycles. The van der Waals surface area contributed by atoms with Crippen LogP contribution in [0.3, 0.4) is 0 Å². The summed E-state index contributed by atoms with van der Waals surface area (Å²) < 4.78 is 5.62. The molecule has 1 saturated heterocycles. The Labute approximate surface area is 466 Å². The summed E-state index contributed by atoms with van der Waals surface area (Å²) in [6.07, 6.45) is 2.63. The average molecular weight is 1130 g/mol. The number of carbonyl (C=O) groups is 11. The highest BCUT2D eigenvalue weighted by atomic mass is 32.2. The molecule has 0 aliphatic carbocycles. The van der Waals surface area contributed by atoms with Crippen molar-refractivity contribution >= 4 is 77.2 Å². The number of amides is 15. The summed E-state index contributed by atoms with van der Waals surface area (Å²) in [7, 11) is 13.8. The number of aliphatic hydroxyl groups excluding tert-OH is 1. The van der Waals surface area contributed by atoms with Crippen LogP contribution in [0, 0.1) is 17.8 Å². The Bertz CT molecular complexity index is 2160. The average Bonchev–Trinajstić information content (AvgIpc) is 3.37. The van der Waals surface area contributed by atoms with Crippen molar-refractivity contribution in [3.8, 4) is 0 Å². The number of imide groups is 4. The van der Waals surface area contributed by atoms with Crippen LogP contribution in [-0.4, -0.2) is 246 Å². The van der Waals surface area contributed by atoms with Gasteiger partial charge in [-0.3, -0.25) is 49.1 Å². The minimum Gasteiger partial charge on any atom is -0.390 e. The van der Waals surface area contributed by atoms with E-state index in [0.29, 0.717) is 23.6 Å². The molecular formula is C52H92N12O13S. The molecule has 1 aliphatic heterocycles. The second-order valence-electron chi connectivity index (χ2n) is 21.7. The van der Waals surface area contributed by atoms with E-state index in [1.807, 2.05) is 24.3 Å². The molecule has 0 saturated carbocycles. The summed E-state index contributed by atoms with van der Waals surface area (Å²) in [5.74, 6) is -7.15. The van der Waals surface area contributed by atoms with Crippen molar-refractivity contribution in [2.45, 2.75) is 155 Å². The van der Waals surface area contributed by atoms with Crippen molar-refractivity contribution in [1.29, 1.82) is 0 Å². The molecule has 0 radical (unpaired) electrons. The lowest BCUT2D eigenvalue weighted by atomic mass is 9.91. The molecule has 9 atom stereocenters. The molecule has 0 unspecified atom stereocenters. The second-order valence-corrected chi connectivity index (χ2v) is 22.8. The Morgan fingerprint density at radius 2 is 1.27 bits per heavy atom. The van der Waals surface area contributed by atoms with E-state index in [-0.39, 0.29) is 31.6 Å². The van der Waals surface area contributed by atoms with Crippen LogP contribution in [0.15, 0.2) is 12.2 Å². The molecule has 15 amide bonds. The molecule has 78 heavy (non-hydrogen) atoms. The highest BCUT2D eigenvalue weighted by molar-refractivity contribution is 8.00. The number of aliphatic hydroxyl groups is 1. The highest BCUT2D eigenvalue weighted by Crippen LogP contribution is 2.26. The van der Waals surface area contributed by atoms with Gasteiger partial charge in [-0.05, 0) is 97.5 Å². The molecule has 0 aromatic heterocycles. The van der Waals surface area contributed by atoms with Gasteiger partial charge in [-0.1, -0.05) is 53.7 Å². The topological polar surface area (TPSA) is 291 Å². The number of nitrogens with one attached hydrogen (secondary N) is 4. The van der Waals surface area contributed by atoms with E-state index in [2.05, 4.69) is 16.0 Å². The lowest BCUT2D eigenvalue weighted by Gasteiger charge is -2.40. The Morgan fingerprint density at radius 1 is 0.705 bits per heavy atom. The summed E-state index contributed by atoms with van der Waals surface area (Å²) in [4.78, 5) is 165. The number of carbonyl (C=O) groups excluding carboxylic acids is 11. The summed E-state index contributed by atoms with van der Waals surface area (Å²) >= 11 is 1.09. The van der Waals surface area contributed by atoms with Crippen LogP contribution in [0.5, 0.6) is 0 Å². The summed E-state index contributed by atoms with van der Waals surface area (Å²) in [5, 5.41) is 19.8. The van der Waals surface area contributed by atoms with Crippen LogP contribution in [0.25, 0.3) is 0 Å². The SMILES string of the molecule is C/C=C/C[C@@H](C)[C@@H](O)[C@H]1C(=O)N[C@@H](CC)C(=O)N(C)[C@H](SCCCN(C)C)C(=O)N(C)[C@@H](CC(C)(C)OC)C(=O)NC(=O)N(C)C(=O)NC(=O)N[C@H](C)C(=O)N(C)[C@H](CC(C)C)C(=O)N(C)C(=O)N(C)[C@@H](C(C)C)C(=O)N1C. The summed E-state index contributed by atoms with van der Waals surface area (Å²) in [6.45, 7) is 17.1. The van der Waals surface area contributed by atoms with E-state index in [1.165, 1.54) is 56.3 Å². The van der Waals surface area contributed by atoms with Gasteiger partial charge in [0.05, 0.1) is 11.7 Å². The third kappa shape index (κ3) is 19.5. The molecule has 0 aromatic rings. The zero-order chi connectivity index (χ0) is 60.4. The summed E-state index contributed by atoms with van der Waals surface area (Å²) in [6, 6.07) is -13.4. The van der Waals surface area contributed by atoms with Gasteiger partial charge in [0.25, 0.3) is 17.7 Å². The van der Waals surface area contributed by atoms with E-state index >= 15 is 0 Å². The first-order chi connectivity index (χ1) is 36.0. The van der Waals surface area contributed by atoms with Crippen molar-refractivity contribution in [2.24, 2.45) is 17.8 Å². The molecule has 5 N–H and O–H groups in total. The lowest BCUT2D eigenvalue weighted by molar-refractivity contribution is -0.150. The summed E-state index contributed by atoms with van der Waals surface area (Å²) in [5.41, 5.74) is -1.10. The smallest absolute Gasteiger partial charge is 0.333 e. The molecule has 0 bridgehead atoms. The second kappa shape index (κ2) is 31.7. The van der Waals surface area contributed by atoms with E-state index in [4.69, 9.17) is 4.74 Å². The zero-order valence-electron chi connectivity index (χ0n) is 49.8. The van der Waals surface area contributed by atoms with E-state index in [1.54, 1.807) is 74.5 Å². The van der Waals surface area contributed by atoms with Crippen molar-refractivity contribution in [3.05, 3.63) is 12.2 Å². The van der Waals surface area contributed by atoms with Crippen LogP contribution in [-0.2, 0) is 38.3 Å². The molecule has 0 spiro atoms. The monoisotopic (exact) mass is 1120 g/mol. The first-order valence-corrected chi connectivity index (χ1v) is 27.3. The van der Waals surface area contributed by atoms with Crippen molar-refractivity contribution < 1.29 is 62.6 Å². The predicted octanol–water partition coefficient (Wildman–Crippen LogP) is 2.18. The number of hydrogen-bond donors (Lipinski definition) is 5. The Morgan fingerprint density at radius 3 is 1.78 bits per heavy atom. The Hall–Kier alpha value is -5.86. The van der Waals surface area contributed by atoms with Crippen LogP contribution in [0.4, 0.5) is 19.2 Å². The molecule has 1 fully saturated rings. The third-order valence-corrected chi connectivity index (χ3v) is 15.1. The largest absolute Gasteiger partial charge is 0.390 e. The molecule has 25 nitrogen and oxygen atoms in total. The third-order valence-electron chi connectivity index (χ3n) is 13.8. The normalized spacial score (nSPS) is 24.7. The fraction of sp³-hybridized carbons (Fsp3) is 0.750. The zero-order valence-corrected chi connectivity index (χ0v) is 50.6. The standard InChI is InChI=1S/C52H92N12O13S/c1-21-23-25-32(7)39(65)38-41(67)54-34(22-2)43(69)62(17)47(78-27-24-26-57(11)12)46(72)59(14)36(29-52(9,10)77-20)40(66)55-49(74)64(19)50(75)56-48(73)53-33(8)42(68)58(13)35(28-30(3)4)44(70)63(18)51(76)61(16)37(31(5)6)45(71)60(38)15/h21,23,30-39,47,65H,22,24-29H2,1-20H3,(H,54,67)(H,55,66,74)(H2,53,56,73,75)/b23-21+/t32-,33-,34+,35-,36+,37+,38+,39-,47-/m1/s1. The minimum atomic E-state index is -1.66. The highest BCUT2D eigenvalue weighted by Gasteiger charge is 2.45. The molecule has 1 aliphatic rings. The number of urea groups is 4. The number of likely N-dealkylation sites (N-methyl/N-ethyl adjacent to an activating group) is 6. The predicted molar refractivity (Wildman–Crippen MR) is 296 cm³/mol. The number of thioether (sulfide) groups is 1. The number of nitrogens with zero attached hydrogens (tertiary/aromatic N) is 8. The van der Waals surface area contributed by atoms with Crippen LogP contribution >= 0.6 is 11.8 Å². The van der Waals surface area contributed by atoms with E-state index in [0.717, 1.165) is 48.2 Å². The van der Waals surface area contributed by atoms with Crippen molar-refractivity contribution in [1.82, 2.24) is 60.5 Å². The number of methoxy groups -OCH3 is 1. The Balaban J connectivity index is 4.30. The van der Waals surface area contributed by atoms with Gasteiger partial charge in [0.2, 0.25) is 23.6 Å². The molecular weight excluding hydrogens is 1030 g/mol. The number of ether oxygens (including phenoxy) is 1. The molecule has 1 rings (SSSR count). The maximum absolute atomic E-state index is 14.9. The van der Waals surface area contributed by atoms with Gasteiger partial charge in [-0.25, -0.2) is 24.1 Å². The Kier molecular flexibility index (Phi) is 28.5. The van der Waals surface area contributed by atoms with E-state index < -0.39 is 131 Å². The van der Waals surface area contributed by atoms with Crippen LogP contribution in [0.2, 0.25) is 0 Å². The first-order valence-electron chi connectivity index (χ1n) is 26.3. The lowest BCUT2D eigenvalue weighted by Crippen LogP contribution is -2.63. The quantitative estimate of drug-likeness (QED) is 0.109. The van der Waals surface area contributed by atoms with Gasteiger partial charge in [0.15, 0.2) is 5.37 Å². The van der Waals surface area contributed by atoms with Gasteiger partial charge < -0.3 is 49.9 Å². The fourth-order valence-corrected chi connectivity index (χ4v) is 9.77. The van der Waals surface area contributed by atoms with Gasteiger partial charge in [0, 0.05) is 62.9 Å². The molecule has 444 valence electrons. The van der Waals surface area contributed by atoms with Gasteiger partial charge in [-0.15, -0.1) is 11.8 Å².